The molecular formula is C17H25N3O. The summed E-state index contributed by atoms with van der Waals surface area (Å²) in [5.41, 5.74) is 8.38. The normalized spacial score (nSPS) is 11.2. The van der Waals surface area contributed by atoms with Crippen LogP contribution in [0.3, 0.4) is 0 Å². The van der Waals surface area contributed by atoms with E-state index in [0.717, 1.165) is 41.7 Å². The topological polar surface area (TPSA) is 60.0 Å². The van der Waals surface area contributed by atoms with E-state index in [9.17, 15) is 4.79 Å². The first-order chi connectivity index (χ1) is 10.0. The second-order valence-corrected chi connectivity index (χ2v) is 5.96. The summed E-state index contributed by atoms with van der Waals surface area (Å²) < 4.78 is 2.11. The van der Waals surface area contributed by atoms with E-state index in [1.54, 1.807) is 0 Å². The summed E-state index contributed by atoms with van der Waals surface area (Å²) in [5, 5.41) is 4.03. The van der Waals surface area contributed by atoms with Gasteiger partial charge in [-0.05, 0) is 36.6 Å². The van der Waals surface area contributed by atoms with E-state index >= 15 is 0 Å². The van der Waals surface area contributed by atoms with Gasteiger partial charge in [0.25, 0.3) is 5.91 Å². The molecule has 0 atom stereocenters. The van der Waals surface area contributed by atoms with Gasteiger partial charge in [-0.15, -0.1) is 0 Å². The van der Waals surface area contributed by atoms with Crippen LogP contribution >= 0.6 is 0 Å². The van der Waals surface area contributed by atoms with Gasteiger partial charge >= 0.3 is 0 Å². The Hall–Kier alpha value is -1.97. The van der Waals surface area contributed by atoms with Gasteiger partial charge < -0.3 is 15.6 Å². The highest BCUT2D eigenvalue weighted by atomic mass is 16.1. The highest BCUT2D eigenvalue weighted by molar-refractivity contribution is 5.99. The molecule has 0 saturated carbocycles. The molecule has 0 aliphatic heterocycles. The number of aromatic nitrogens is 1. The van der Waals surface area contributed by atoms with Crippen LogP contribution in [0.1, 0.15) is 44.1 Å². The van der Waals surface area contributed by atoms with E-state index in [1.165, 1.54) is 0 Å². The summed E-state index contributed by atoms with van der Waals surface area (Å²) in [5.74, 6) is 0.438. The van der Waals surface area contributed by atoms with Gasteiger partial charge in [0.05, 0.1) is 0 Å². The minimum absolute atomic E-state index is 0.00502. The monoisotopic (exact) mass is 287 g/mol. The number of rotatable bonds is 6. The number of unbranched alkanes of at least 4 members (excludes halogenated alkanes) is 1. The number of anilines is 1. The number of nitrogens with zero attached hydrogens (tertiary/aromatic N) is 1. The number of amides is 1. The largest absolute Gasteiger partial charge is 0.399 e. The lowest BCUT2D eigenvalue weighted by Crippen LogP contribution is -2.29. The molecule has 0 fully saturated rings. The molecule has 21 heavy (non-hydrogen) atoms. The first kappa shape index (κ1) is 15.4. The quantitative estimate of drug-likeness (QED) is 0.800. The SMILES string of the molecule is CCCCn1c(C(=O)NCC(C)C)cc2cc(N)ccc21. The number of fused-ring (bicyclic) bond motifs is 1. The van der Waals surface area contributed by atoms with Crippen molar-refractivity contribution in [2.24, 2.45) is 5.92 Å². The van der Waals surface area contributed by atoms with Crippen LogP contribution < -0.4 is 11.1 Å². The molecule has 0 unspecified atom stereocenters. The molecule has 2 rings (SSSR count). The van der Waals surface area contributed by atoms with E-state index < -0.39 is 0 Å². The van der Waals surface area contributed by atoms with E-state index in [1.807, 2.05) is 24.3 Å². The Morgan fingerprint density at radius 3 is 2.76 bits per heavy atom. The van der Waals surface area contributed by atoms with Crippen LogP contribution in [0.25, 0.3) is 10.9 Å². The number of nitrogens with two attached hydrogens (primary N) is 1. The molecule has 0 aliphatic rings. The Morgan fingerprint density at radius 1 is 1.33 bits per heavy atom. The Kier molecular flexibility index (Phi) is 4.89. The third kappa shape index (κ3) is 3.57. The molecule has 2 aromatic rings. The molecule has 0 aliphatic carbocycles. The number of aryl methyl sites for hydroxylation is 1. The Balaban J connectivity index is 2.37. The fourth-order valence-electron chi connectivity index (χ4n) is 2.42. The summed E-state index contributed by atoms with van der Waals surface area (Å²) >= 11 is 0. The lowest BCUT2D eigenvalue weighted by Gasteiger charge is -2.11. The maximum absolute atomic E-state index is 12.4. The van der Waals surface area contributed by atoms with Crippen LogP contribution in [0.2, 0.25) is 0 Å². The van der Waals surface area contributed by atoms with Crippen LogP contribution in [-0.2, 0) is 6.54 Å². The molecule has 1 heterocycles. The molecule has 1 aromatic heterocycles. The lowest BCUT2D eigenvalue weighted by molar-refractivity contribution is 0.0940. The molecule has 1 amide bonds. The van der Waals surface area contributed by atoms with Gasteiger partial charge in [0.2, 0.25) is 0 Å². The first-order valence-corrected chi connectivity index (χ1v) is 7.70. The van der Waals surface area contributed by atoms with Crippen molar-refractivity contribution in [3.05, 3.63) is 30.0 Å². The fourth-order valence-corrected chi connectivity index (χ4v) is 2.42. The predicted molar refractivity (Wildman–Crippen MR) is 88.4 cm³/mol. The number of nitrogens with one attached hydrogen (secondary N) is 1. The number of benzene rings is 1. The molecule has 1 aromatic carbocycles. The Labute approximate surface area is 126 Å². The minimum Gasteiger partial charge on any atom is -0.399 e. The third-order valence-electron chi connectivity index (χ3n) is 3.56. The van der Waals surface area contributed by atoms with Gasteiger partial charge in [-0.1, -0.05) is 27.2 Å². The van der Waals surface area contributed by atoms with Gasteiger partial charge in [-0.3, -0.25) is 4.79 Å². The fraction of sp³-hybridized carbons (Fsp3) is 0.471. The zero-order chi connectivity index (χ0) is 15.4. The predicted octanol–water partition coefficient (Wildman–Crippen LogP) is 3.41. The van der Waals surface area contributed by atoms with E-state index in [-0.39, 0.29) is 5.91 Å². The molecule has 4 heteroatoms. The number of hydrogen-bond acceptors (Lipinski definition) is 2. The standard InChI is InChI=1S/C17H25N3O/c1-4-5-8-20-15-7-6-14(18)9-13(15)10-16(20)17(21)19-11-12(2)3/h6-7,9-10,12H,4-5,8,11,18H2,1-3H3,(H,19,21). The number of nitrogen functional groups attached to an aromatic ring is 1. The second kappa shape index (κ2) is 6.66. The summed E-state index contributed by atoms with van der Waals surface area (Å²) in [6.45, 7) is 7.88. The molecule has 3 N–H and O–H groups in total. The van der Waals surface area contributed by atoms with Crippen molar-refractivity contribution < 1.29 is 4.79 Å². The highest BCUT2D eigenvalue weighted by Crippen LogP contribution is 2.23. The first-order valence-electron chi connectivity index (χ1n) is 7.70. The molecule has 0 saturated heterocycles. The summed E-state index contributed by atoms with van der Waals surface area (Å²) in [6, 6.07) is 7.76. The van der Waals surface area contributed by atoms with Crippen molar-refractivity contribution in [3.8, 4) is 0 Å². The average molecular weight is 287 g/mol. The van der Waals surface area contributed by atoms with Crippen molar-refractivity contribution in [1.82, 2.24) is 9.88 Å². The number of carbonyl (C=O) groups is 1. The Morgan fingerprint density at radius 2 is 2.10 bits per heavy atom. The third-order valence-corrected chi connectivity index (χ3v) is 3.56. The summed E-state index contributed by atoms with van der Waals surface area (Å²) in [7, 11) is 0. The van der Waals surface area contributed by atoms with Crippen LogP contribution in [0, 0.1) is 5.92 Å². The zero-order valence-corrected chi connectivity index (χ0v) is 13.1. The highest BCUT2D eigenvalue weighted by Gasteiger charge is 2.15. The van der Waals surface area contributed by atoms with E-state index in [4.69, 9.17) is 5.73 Å². The van der Waals surface area contributed by atoms with Crippen LogP contribution in [0.4, 0.5) is 5.69 Å². The lowest BCUT2D eigenvalue weighted by atomic mass is 10.2. The van der Waals surface area contributed by atoms with Crippen molar-refractivity contribution in [1.29, 1.82) is 0 Å². The minimum atomic E-state index is -0.00502. The molecular weight excluding hydrogens is 262 g/mol. The molecule has 114 valence electrons. The van der Waals surface area contributed by atoms with E-state index in [0.29, 0.717) is 12.5 Å². The van der Waals surface area contributed by atoms with Crippen molar-refractivity contribution in [2.45, 2.75) is 40.2 Å². The number of hydrogen-bond donors (Lipinski definition) is 2. The van der Waals surface area contributed by atoms with E-state index in [2.05, 4.69) is 30.7 Å². The van der Waals surface area contributed by atoms with Gasteiger partial charge in [0, 0.05) is 29.7 Å². The maximum atomic E-state index is 12.4. The van der Waals surface area contributed by atoms with Crippen LogP contribution in [-0.4, -0.2) is 17.0 Å². The molecule has 0 spiro atoms. The van der Waals surface area contributed by atoms with Gasteiger partial charge in [-0.2, -0.15) is 0 Å². The van der Waals surface area contributed by atoms with Crippen LogP contribution in [0.15, 0.2) is 24.3 Å². The summed E-state index contributed by atoms with van der Waals surface area (Å²) in [6.07, 6.45) is 2.15. The number of carbonyl (C=O) groups excluding carboxylic acids is 1. The van der Waals surface area contributed by atoms with Gasteiger partial charge in [0.15, 0.2) is 0 Å². The average Bonchev–Trinajstić information content (AvgIpc) is 2.80. The maximum Gasteiger partial charge on any atom is 0.267 e. The van der Waals surface area contributed by atoms with Gasteiger partial charge in [0.1, 0.15) is 5.69 Å². The van der Waals surface area contributed by atoms with Crippen molar-refractivity contribution >= 4 is 22.5 Å². The van der Waals surface area contributed by atoms with Gasteiger partial charge in [-0.25, -0.2) is 0 Å². The molecule has 0 bridgehead atoms. The van der Waals surface area contributed by atoms with Crippen molar-refractivity contribution in [3.63, 3.8) is 0 Å². The second-order valence-electron chi connectivity index (χ2n) is 5.96. The molecule has 4 nitrogen and oxygen atoms in total. The smallest absolute Gasteiger partial charge is 0.267 e. The van der Waals surface area contributed by atoms with Crippen LogP contribution in [0.5, 0.6) is 0 Å². The Bertz CT molecular complexity index is 628. The van der Waals surface area contributed by atoms with Crippen molar-refractivity contribution in [2.75, 3.05) is 12.3 Å². The molecule has 0 radical (unpaired) electrons. The summed E-state index contributed by atoms with van der Waals surface area (Å²) in [4.78, 5) is 12.4. The zero-order valence-electron chi connectivity index (χ0n) is 13.1.